The topological polar surface area (TPSA) is 12.0 Å². The van der Waals surface area contributed by atoms with Gasteiger partial charge in [-0.25, -0.2) is 0 Å². The van der Waals surface area contributed by atoms with Crippen LogP contribution in [0.3, 0.4) is 0 Å². The fraction of sp³-hybridized carbons (Fsp3) is 0.294. The molecule has 1 nitrogen and oxygen atoms in total. The molecule has 0 fully saturated rings. The lowest BCUT2D eigenvalue weighted by Gasteiger charge is -2.26. The number of nitrogens with one attached hydrogen (secondary N) is 1. The molecular weight excluding hydrogens is 218 g/mol. The molecule has 0 aromatic heterocycles. The summed E-state index contributed by atoms with van der Waals surface area (Å²) in [5, 5.41) is 3.15. The van der Waals surface area contributed by atoms with Gasteiger partial charge in [-0.1, -0.05) is 55.8 Å². The zero-order valence-corrected chi connectivity index (χ0v) is 11.6. The fourth-order valence-electron chi connectivity index (χ4n) is 2.19. The molecule has 2 aromatic carbocycles. The van der Waals surface area contributed by atoms with E-state index >= 15 is 0 Å². The van der Waals surface area contributed by atoms with Gasteiger partial charge in [0.2, 0.25) is 0 Å². The van der Waals surface area contributed by atoms with Crippen molar-refractivity contribution in [1.29, 1.82) is 0 Å². The molecule has 0 radical (unpaired) electrons. The Labute approximate surface area is 110 Å². The summed E-state index contributed by atoms with van der Waals surface area (Å²) in [7, 11) is 1.94. The van der Waals surface area contributed by atoms with Gasteiger partial charge < -0.3 is 5.32 Å². The van der Waals surface area contributed by atoms with E-state index < -0.39 is 0 Å². The highest BCUT2D eigenvalue weighted by Gasteiger charge is 2.22. The number of rotatable bonds is 3. The van der Waals surface area contributed by atoms with Crippen molar-refractivity contribution in [1.82, 2.24) is 0 Å². The third-order valence-electron chi connectivity index (χ3n) is 3.67. The van der Waals surface area contributed by atoms with Crippen molar-refractivity contribution in [3.63, 3.8) is 0 Å². The number of aryl methyl sites for hydroxylation is 1. The van der Waals surface area contributed by atoms with Crippen LogP contribution in [-0.4, -0.2) is 7.05 Å². The summed E-state index contributed by atoms with van der Waals surface area (Å²) in [5.41, 5.74) is 5.19. The van der Waals surface area contributed by atoms with Crippen molar-refractivity contribution in [2.24, 2.45) is 0 Å². The van der Waals surface area contributed by atoms with Gasteiger partial charge in [0.05, 0.1) is 0 Å². The van der Waals surface area contributed by atoms with Crippen LogP contribution in [0.2, 0.25) is 0 Å². The van der Waals surface area contributed by atoms with Crippen LogP contribution in [0.5, 0.6) is 0 Å². The highest BCUT2D eigenvalue weighted by atomic mass is 14.8. The average molecular weight is 239 g/mol. The van der Waals surface area contributed by atoms with Gasteiger partial charge in [0.25, 0.3) is 0 Å². The standard InChI is InChI=1S/C17H21N/c1-13-5-7-14(8-6-13)17(2,3)15-9-11-16(18-4)12-10-15/h5-12,18H,1-4H3. The van der Waals surface area contributed by atoms with Crippen LogP contribution < -0.4 is 5.32 Å². The summed E-state index contributed by atoms with van der Waals surface area (Å²) in [6, 6.07) is 17.5. The summed E-state index contributed by atoms with van der Waals surface area (Å²) >= 11 is 0. The largest absolute Gasteiger partial charge is 0.388 e. The third kappa shape index (κ3) is 2.40. The lowest BCUT2D eigenvalue weighted by molar-refractivity contribution is 0.641. The van der Waals surface area contributed by atoms with Crippen LogP contribution in [-0.2, 0) is 5.41 Å². The van der Waals surface area contributed by atoms with Crippen LogP contribution in [0.4, 0.5) is 5.69 Å². The molecule has 0 aliphatic carbocycles. The van der Waals surface area contributed by atoms with E-state index in [4.69, 9.17) is 0 Å². The Bertz CT molecular complexity index is 506. The molecular formula is C17H21N. The summed E-state index contributed by atoms with van der Waals surface area (Å²) < 4.78 is 0. The first kappa shape index (κ1) is 12.7. The minimum absolute atomic E-state index is 0.0416. The average Bonchev–Trinajstić information content (AvgIpc) is 2.39. The third-order valence-corrected chi connectivity index (χ3v) is 3.67. The van der Waals surface area contributed by atoms with Crippen molar-refractivity contribution < 1.29 is 0 Å². The van der Waals surface area contributed by atoms with E-state index in [1.807, 2.05) is 7.05 Å². The second-order valence-electron chi connectivity index (χ2n) is 5.32. The number of anilines is 1. The Kier molecular flexibility index (Phi) is 3.42. The van der Waals surface area contributed by atoms with Gasteiger partial charge in [-0.2, -0.15) is 0 Å². The number of hydrogen-bond acceptors (Lipinski definition) is 1. The maximum absolute atomic E-state index is 3.15. The summed E-state index contributed by atoms with van der Waals surface area (Å²) in [4.78, 5) is 0. The number of benzene rings is 2. The van der Waals surface area contributed by atoms with E-state index in [1.54, 1.807) is 0 Å². The molecule has 1 heteroatoms. The monoisotopic (exact) mass is 239 g/mol. The Morgan fingerprint density at radius 2 is 1.22 bits per heavy atom. The van der Waals surface area contributed by atoms with E-state index in [9.17, 15) is 0 Å². The zero-order chi connectivity index (χ0) is 13.2. The Morgan fingerprint density at radius 3 is 1.67 bits per heavy atom. The lowest BCUT2D eigenvalue weighted by atomic mass is 9.78. The highest BCUT2D eigenvalue weighted by molar-refractivity contribution is 5.47. The summed E-state index contributed by atoms with van der Waals surface area (Å²) in [6.07, 6.45) is 0. The molecule has 2 rings (SSSR count). The van der Waals surface area contributed by atoms with Gasteiger partial charge in [-0.3, -0.25) is 0 Å². The van der Waals surface area contributed by atoms with Crippen molar-refractivity contribution in [3.05, 3.63) is 65.2 Å². The van der Waals surface area contributed by atoms with Gasteiger partial charge >= 0.3 is 0 Å². The molecule has 0 bridgehead atoms. The number of hydrogen-bond donors (Lipinski definition) is 1. The smallest absolute Gasteiger partial charge is 0.0337 e. The van der Waals surface area contributed by atoms with E-state index in [-0.39, 0.29) is 5.41 Å². The lowest BCUT2D eigenvalue weighted by Crippen LogP contribution is -2.18. The van der Waals surface area contributed by atoms with E-state index in [0.29, 0.717) is 0 Å². The van der Waals surface area contributed by atoms with Gasteiger partial charge in [-0.15, -0.1) is 0 Å². The van der Waals surface area contributed by atoms with Gasteiger partial charge in [0.1, 0.15) is 0 Å². The minimum atomic E-state index is 0.0416. The maximum atomic E-state index is 3.15. The quantitative estimate of drug-likeness (QED) is 0.839. The van der Waals surface area contributed by atoms with Crippen molar-refractivity contribution in [3.8, 4) is 0 Å². The molecule has 0 saturated heterocycles. The molecule has 18 heavy (non-hydrogen) atoms. The molecule has 0 spiro atoms. The Morgan fingerprint density at radius 1 is 0.778 bits per heavy atom. The van der Waals surface area contributed by atoms with Crippen LogP contribution in [0.15, 0.2) is 48.5 Å². The molecule has 0 unspecified atom stereocenters. The SMILES string of the molecule is CNc1ccc(C(C)(C)c2ccc(C)cc2)cc1. The fourth-order valence-corrected chi connectivity index (χ4v) is 2.19. The van der Waals surface area contributed by atoms with Gasteiger partial charge in [-0.05, 0) is 30.2 Å². The van der Waals surface area contributed by atoms with Gasteiger partial charge in [0.15, 0.2) is 0 Å². The van der Waals surface area contributed by atoms with Crippen LogP contribution in [0.1, 0.15) is 30.5 Å². The van der Waals surface area contributed by atoms with Crippen molar-refractivity contribution >= 4 is 5.69 Å². The highest BCUT2D eigenvalue weighted by Crippen LogP contribution is 2.32. The predicted molar refractivity (Wildman–Crippen MR) is 79.3 cm³/mol. The zero-order valence-electron chi connectivity index (χ0n) is 11.6. The minimum Gasteiger partial charge on any atom is -0.388 e. The molecule has 0 aliphatic heterocycles. The first-order chi connectivity index (χ1) is 8.54. The van der Waals surface area contributed by atoms with Crippen LogP contribution >= 0.6 is 0 Å². The molecule has 1 N–H and O–H groups in total. The maximum Gasteiger partial charge on any atom is 0.0337 e. The van der Waals surface area contributed by atoms with Crippen molar-refractivity contribution in [2.75, 3.05) is 12.4 Å². The van der Waals surface area contributed by atoms with E-state index in [0.717, 1.165) is 5.69 Å². The summed E-state index contributed by atoms with van der Waals surface area (Å²) in [5.74, 6) is 0. The van der Waals surface area contributed by atoms with Crippen molar-refractivity contribution in [2.45, 2.75) is 26.2 Å². The summed E-state index contributed by atoms with van der Waals surface area (Å²) in [6.45, 7) is 6.66. The van der Waals surface area contributed by atoms with Crippen LogP contribution in [0, 0.1) is 6.92 Å². The van der Waals surface area contributed by atoms with E-state index in [2.05, 4.69) is 74.6 Å². The molecule has 0 amide bonds. The first-order valence-electron chi connectivity index (χ1n) is 6.39. The van der Waals surface area contributed by atoms with E-state index in [1.165, 1.54) is 16.7 Å². The molecule has 2 aromatic rings. The molecule has 94 valence electrons. The van der Waals surface area contributed by atoms with Gasteiger partial charge in [0, 0.05) is 18.2 Å². The Balaban J connectivity index is 2.37. The first-order valence-corrected chi connectivity index (χ1v) is 6.39. The normalized spacial score (nSPS) is 11.3. The second kappa shape index (κ2) is 4.85. The molecule has 0 atom stereocenters. The molecule has 0 heterocycles. The predicted octanol–water partition coefficient (Wildman–Crippen LogP) is 4.36. The molecule has 0 aliphatic rings. The molecule has 0 saturated carbocycles. The Hall–Kier alpha value is -1.76. The van der Waals surface area contributed by atoms with Crippen LogP contribution in [0.25, 0.3) is 0 Å². The second-order valence-corrected chi connectivity index (χ2v) is 5.32.